The number of anilines is 1. The number of aryl methyl sites for hydroxylation is 1. The van der Waals surface area contributed by atoms with Crippen molar-refractivity contribution in [1.82, 2.24) is 4.90 Å². The predicted molar refractivity (Wildman–Crippen MR) is 118 cm³/mol. The van der Waals surface area contributed by atoms with Gasteiger partial charge < -0.3 is 9.80 Å². The van der Waals surface area contributed by atoms with Crippen molar-refractivity contribution < 1.29 is 1.37 Å². The van der Waals surface area contributed by atoms with Crippen LogP contribution in [0.3, 0.4) is 0 Å². The van der Waals surface area contributed by atoms with Gasteiger partial charge >= 0.3 is 0 Å². The predicted octanol–water partition coefficient (Wildman–Crippen LogP) is 6.51. The highest BCUT2D eigenvalue weighted by Gasteiger charge is 2.58. The lowest BCUT2D eigenvalue weighted by molar-refractivity contribution is 0.0192. The average Bonchev–Trinajstić information content (AvgIpc) is 3.28. The molecule has 0 spiro atoms. The average molecular weight is 380 g/mol. The number of para-hydroxylation sites is 1. The van der Waals surface area contributed by atoms with Crippen LogP contribution < -0.4 is 4.90 Å². The Morgan fingerprint density at radius 1 is 0.929 bits per heavy atom. The summed E-state index contributed by atoms with van der Waals surface area (Å²) in [7, 11) is 0. The molecule has 0 N–H and O–H groups in total. The largest absolute Gasteiger partial charge is 0.354 e. The van der Waals surface area contributed by atoms with Crippen molar-refractivity contribution in [2.24, 2.45) is 17.3 Å². The number of hydrogen-bond donors (Lipinski definition) is 0. The van der Waals surface area contributed by atoms with Gasteiger partial charge in [-0.1, -0.05) is 62.8 Å². The fourth-order valence-corrected chi connectivity index (χ4v) is 7.27. The lowest BCUT2D eigenvalue weighted by Crippen LogP contribution is -2.53. The molecule has 2 heterocycles. The Morgan fingerprint density at radius 3 is 2.14 bits per heavy atom. The van der Waals surface area contributed by atoms with Crippen molar-refractivity contribution in [3.8, 4) is 0 Å². The van der Waals surface area contributed by atoms with E-state index in [4.69, 9.17) is 0 Å². The third-order valence-electron chi connectivity index (χ3n) is 8.54. The second kappa shape index (κ2) is 7.43. The molecule has 3 fully saturated rings. The zero-order valence-electron chi connectivity index (χ0n) is 18.8. The van der Waals surface area contributed by atoms with Crippen LogP contribution in [-0.4, -0.2) is 23.6 Å². The topological polar surface area (TPSA) is 6.48 Å². The quantitative estimate of drug-likeness (QED) is 0.591. The van der Waals surface area contributed by atoms with E-state index in [1.54, 1.807) is 0 Å². The van der Waals surface area contributed by atoms with E-state index in [-0.39, 0.29) is 12.1 Å². The molecular weight excluding hydrogens is 340 g/mol. The van der Waals surface area contributed by atoms with E-state index in [1.165, 1.54) is 75.5 Å². The van der Waals surface area contributed by atoms with Crippen molar-refractivity contribution in [3.05, 3.63) is 42.1 Å². The Labute approximate surface area is 173 Å². The fourth-order valence-electron chi connectivity index (χ4n) is 7.27. The highest BCUT2D eigenvalue weighted by molar-refractivity contribution is 5.55. The summed E-state index contributed by atoms with van der Waals surface area (Å²) in [5.41, 5.74) is 2.82. The van der Waals surface area contributed by atoms with Crippen LogP contribution in [0.5, 0.6) is 0 Å². The van der Waals surface area contributed by atoms with E-state index in [2.05, 4.69) is 60.2 Å². The number of rotatable bonds is 3. The first-order valence-electron chi connectivity index (χ1n) is 12.5. The van der Waals surface area contributed by atoms with Crippen LogP contribution in [0.25, 0.3) is 0 Å². The van der Waals surface area contributed by atoms with Crippen LogP contribution in [0.15, 0.2) is 36.5 Å². The minimum atomic E-state index is -0.304. The molecule has 1 aromatic carbocycles. The molecule has 152 valence electrons. The molecule has 2 saturated carbocycles. The number of nitrogens with zero attached hydrogens (tertiary/aromatic N) is 2. The van der Waals surface area contributed by atoms with Gasteiger partial charge in [-0.05, 0) is 69.2 Å². The highest BCUT2D eigenvalue weighted by atomic mass is 15.4. The van der Waals surface area contributed by atoms with Gasteiger partial charge in [-0.25, -0.2) is 0 Å². The molecule has 2 nitrogen and oxygen atoms in total. The van der Waals surface area contributed by atoms with Crippen LogP contribution >= 0.6 is 0 Å². The number of benzene rings is 1. The van der Waals surface area contributed by atoms with Crippen molar-refractivity contribution in [2.45, 2.75) is 90.1 Å². The van der Waals surface area contributed by atoms with E-state index in [1.807, 2.05) is 0 Å². The smallest absolute Gasteiger partial charge is 0.0905 e. The second-order valence-corrected chi connectivity index (χ2v) is 9.93. The Balaban J connectivity index is 1.55. The van der Waals surface area contributed by atoms with E-state index in [0.717, 1.165) is 11.8 Å². The molecule has 4 aliphatic rings. The fraction of sp³-hybridized carbons (Fsp3) is 0.692. The van der Waals surface area contributed by atoms with E-state index in [9.17, 15) is 1.37 Å². The maximum absolute atomic E-state index is 9.19. The van der Waals surface area contributed by atoms with Crippen LogP contribution in [0.1, 0.15) is 78.1 Å². The van der Waals surface area contributed by atoms with Crippen molar-refractivity contribution in [1.29, 1.82) is 0 Å². The van der Waals surface area contributed by atoms with E-state index in [0.29, 0.717) is 12.1 Å². The van der Waals surface area contributed by atoms with Gasteiger partial charge in [0.25, 0.3) is 0 Å². The molecule has 1 aromatic rings. The molecule has 0 aromatic heterocycles. The molecule has 2 aliphatic carbocycles. The first-order valence-corrected chi connectivity index (χ1v) is 11.9. The summed E-state index contributed by atoms with van der Waals surface area (Å²) in [5, 5.41) is 0. The number of fused-ring (bicyclic) bond motifs is 1. The van der Waals surface area contributed by atoms with Gasteiger partial charge in [0, 0.05) is 17.1 Å². The normalized spacial score (nSPS) is 33.9. The van der Waals surface area contributed by atoms with Crippen molar-refractivity contribution in [3.63, 3.8) is 0 Å². The Morgan fingerprint density at radius 2 is 1.54 bits per heavy atom. The van der Waals surface area contributed by atoms with Gasteiger partial charge in [0.1, 0.15) is 0 Å². The monoisotopic (exact) mass is 379 g/mol. The van der Waals surface area contributed by atoms with Gasteiger partial charge in [-0.3, -0.25) is 0 Å². The Kier molecular flexibility index (Phi) is 4.62. The minimum absolute atomic E-state index is 0.275. The first-order chi connectivity index (χ1) is 14.1. The zero-order chi connectivity index (χ0) is 20.0. The summed E-state index contributed by atoms with van der Waals surface area (Å²) in [4.78, 5) is 4.84. The Bertz CT molecular complexity index is 729. The van der Waals surface area contributed by atoms with Gasteiger partial charge in [0.15, 0.2) is 0 Å². The standard InChI is InChI=1S/C26H38N2/c1-20-11-9-10-16-24(20)28-19-27-18-17-26(25(27)21(28)2,22-12-5-3-6-13-22)23-14-7-4-8-15-23/h9-11,16-18,21-23,25H,3-8,12-15,19H2,1-2H3/t21-,25?/m0/s1/i19D/t19?,21-,25?. The van der Waals surface area contributed by atoms with Gasteiger partial charge in [-0.15, -0.1) is 0 Å². The molecule has 3 atom stereocenters. The maximum Gasteiger partial charge on any atom is 0.0905 e. The zero-order valence-corrected chi connectivity index (χ0v) is 17.8. The summed E-state index contributed by atoms with van der Waals surface area (Å²) in [6.45, 7) is 4.30. The highest BCUT2D eigenvalue weighted by Crippen LogP contribution is 2.58. The first kappa shape index (κ1) is 17.4. The van der Waals surface area contributed by atoms with E-state index >= 15 is 0 Å². The summed E-state index contributed by atoms with van der Waals surface area (Å²) in [6, 6.07) is 9.50. The maximum atomic E-state index is 9.19. The molecule has 1 saturated heterocycles. The van der Waals surface area contributed by atoms with Crippen LogP contribution in [0.4, 0.5) is 5.69 Å². The van der Waals surface area contributed by atoms with Crippen LogP contribution in [-0.2, 0) is 0 Å². The van der Waals surface area contributed by atoms with E-state index < -0.39 is 0 Å². The van der Waals surface area contributed by atoms with Gasteiger partial charge in [0.05, 0.1) is 14.1 Å². The molecule has 0 bridgehead atoms. The summed E-state index contributed by atoms with van der Waals surface area (Å²) >= 11 is 0. The third kappa shape index (κ3) is 2.82. The minimum Gasteiger partial charge on any atom is -0.354 e. The molecule has 0 radical (unpaired) electrons. The molecular formula is C26H38N2. The lowest BCUT2D eigenvalue weighted by atomic mass is 9.55. The summed E-state index contributed by atoms with van der Waals surface area (Å²) in [6.07, 6.45) is 19.0. The summed E-state index contributed by atoms with van der Waals surface area (Å²) < 4.78 is 9.19. The molecule has 2 heteroatoms. The van der Waals surface area contributed by atoms with Gasteiger partial charge in [-0.2, -0.15) is 0 Å². The second-order valence-electron chi connectivity index (χ2n) is 9.93. The molecule has 5 rings (SSSR count). The Hall–Kier alpha value is -1.44. The molecule has 2 unspecified atom stereocenters. The van der Waals surface area contributed by atoms with Crippen LogP contribution in [0.2, 0.25) is 0 Å². The SMILES string of the molecule is [2H]C1N2C=CC(C3CCCCC3)(C3CCCCC3)C2[C@H](C)N1c1ccccc1C. The third-order valence-corrected chi connectivity index (χ3v) is 8.54. The van der Waals surface area contributed by atoms with Crippen molar-refractivity contribution >= 4 is 5.69 Å². The van der Waals surface area contributed by atoms with Crippen LogP contribution in [0, 0.1) is 24.2 Å². The number of hydrogen-bond acceptors (Lipinski definition) is 2. The van der Waals surface area contributed by atoms with Gasteiger partial charge in [0.2, 0.25) is 0 Å². The van der Waals surface area contributed by atoms with Crippen molar-refractivity contribution in [2.75, 3.05) is 11.5 Å². The summed E-state index contributed by atoms with van der Waals surface area (Å²) in [5.74, 6) is 1.61. The lowest BCUT2D eigenvalue weighted by Gasteiger charge is -2.51. The molecule has 2 aliphatic heterocycles. The molecule has 0 amide bonds. The molecule has 28 heavy (non-hydrogen) atoms.